The number of primary amides is 1. The minimum atomic E-state index is -1.32. The van der Waals surface area contributed by atoms with Gasteiger partial charge in [0.1, 0.15) is 6.04 Å². The van der Waals surface area contributed by atoms with Crippen LogP contribution in [0.3, 0.4) is 0 Å². The van der Waals surface area contributed by atoms with Gasteiger partial charge in [-0.25, -0.2) is 9.59 Å². The molecule has 0 rings (SSSR count). The highest BCUT2D eigenvalue weighted by Gasteiger charge is 2.21. The average Bonchev–Trinajstić information content (AvgIpc) is 2.34. The number of likely N-dealkylation sites (N-methyl/N-ethyl adjacent to an activating group) is 1. The summed E-state index contributed by atoms with van der Waals surface area (Å²) in [5.41, 5.74) is 4.90. The lowest BCUT2D eigenvalue weighted by atomic mass is 10.2. The Morgan fingerprint density at radius 2 is 2.00 bits per heavy atom. The van der Waals surface area contributed by atoms with Crippen LogP contribution in [-0.4, -0.2) is 74.4 Å². The van der Waals surface area contributed by atoms with E-state index in [0.717, 1.165) is 6.54 Å². The quantitative estimate of drug-likeness (QED) is 0.375. The van der Waals surface area contributed by atoms with E-state index in [9.17, 15) is 14.4 Å². The lowest BCUT2D eigenvalue weighted by molar-refractivity contribution is -0.140. The highest BCUT2D eigenvalue weighted by Crippen LogP contribution is 1.91. The molecule has 9 heteroatoms. The molecule has 1 atom stereocenters. The Hall–Kier alpha value is -1.87. The summed E-state index contributed by atoms with van der Waals surface area (Å²) in [6, 6.07) is -1.97. The van der Waals surface area contributed by atoms with Crippen molar-refractivity contribution in [1.29, 1.82) is 0 Å². The maximum Gasteiger partial charge on any atom is 0.326 e. The summed E-state index contributed by atoms with van der Waals surface area (Å²) >= 11 is 0. The Bertz CT molecular complexity index is 337. The Balaban J connectivity index is 3.96. The van der Waals surface area contributed by atoms with Gasteiger partial charge in [0.05, 0.1) is 13.0 Å². The Labute approximate surface area is 117 Å². The lowest BCUT2D eigenvalue weighted by Gasteiger charge is -2.17. The second kappa shape index (κ2) is 9.98. The standard InChI is InChI=1S/C11H22N4O5/c1-15(5-6-20-2)4-3-13-11(19)14-8(10(17)18)7-9(12)16/h8H,3-7H2,1-2H3,(H2,12,16)(H,17,18)(H2,13,14,19). The molecule has 0 saturated heterocycles. The molecule has 0 heterocycles. The van der Waals surface area contributed by atoms with Crippen molar-refractivity contribution in [2.75, 3.05) is 40.4 Å². The number of amides is 3. The third-order valence-electron chi connectivity index (χ3n) is 2.46. The van der Waals surface area contributed by atoms with Crippen LogP contribution in [0.1, 0.15) is 6.42 Å². The molecule has 0 aromatic carbocycles. The molecule has 116 valence electrons. The first-order valence-corrected chi connectivity index (χ1v) is 6.09. The number of hydrogen-bond acceptors (Lipinski definition) is 5. The number of nitrogens with two attached hydrogens (primary N) is 1. The third kappa shape index (κ3) is 9.11. The van der Waals surface area contributed by atoms with Gasteiger partial charge in [0, 0.05) is 26.7 Å². The number of ether oxygens (including phenoxy) is 1. The number of nitrogens with one attached hydrogen (secondary N) is 2. The fraction of sp³-hybridized carbons (Fsp3) is 0.727. The lowest BCUT2D eigenvalue weighted by Crippen LogP contribution is -2.48. The van der Waals surface area contributed by atoms with Crippen molar-refractivity contribution in [3.8, 4) is 0 Å². The van der Waals surface area contributed by atoms with E-state index in [-0.39, 0.29) is 0 Å². The molecular formula is C11H22N4O5. The van der Waals surface area contributed by atoms with Gasteiger partial charge in [-0.15, -0.1) is 0 Å². The van der Waals surface area contributed by atoms with Crippen molar-refractivity contribution in [3.63, 3.8) is 0 Å². The molecule has 5 N–H and O–H groups in total. The number of aliphatic carboxylic acids is 1. The van der Waals surface area contributed by atoms with E-state index < -0.39 is 30.4 Å². The van der Waals surface area contributed by atoms with Crippen LogP contribution in [0.25, 0.3) is 0 Å². The first-order chi connectivity index (χ1) is 9.36. The van der Waals surface area contributed by atoms with Crippen LogP contribution in [0.4, 0.5) is 4.79 Å². The second-order valence-corrected chi connectivity index (χ2v) is 4.26. The number of carboxylic acids is 1. The summed E-state index contributed by atoms with van der Waals surface area (Å²) in [5, 5.41) is 13.5. The number of urea groups is 1. The van der Waals surface area contributed by atoms with Gasteiger partial charge in [0.2, 0.25) is 5.91 Å². The topological polar surface area (TPSA) is 134 Å². The van der Waals surface area contributed by atoms with Crippen LogP contribution in [-0.2, 0) is 14.3 Å². The van der Waals surface area contributed by atoms with Gasteiger partial charge in [-0.3, -0.25) is 4.79 Å². The minimum absolute atomic E-state index is 0.342. The van der Waals surface area contributed by atoms with E-state index in [4.69, 9.17) is 15.6 Å². The van der Waals surface area contributed by atoms with Crippen molar-refractivity contribution >= 4 is 17.9 Å². The van der Waals surface area contributed by atoms with Crippen LogP contribution in [0.2, 0.25) is 0 Å². The summed E-state index contributed by atoms with van der Waals surface area (Å²) in [5.74, 6) is -2.10. The molecule has 3 amide bonds. The van der Waals surface area contributed by atoms with Crippen LogP contribution >= 0.6 is 0 Å². The molecule has 0 bridgehead atoms. The van der Waals surface area contributed by atoms with Crippen molar-refractivity contribution in [2.45, 2.75) is 12.5 Å². The van der Waals surface area contributed by atoms with Crippen LogP contribution in [0.15, 0.2) is 0 Å². The fourth-order valence-electron chi connectivity index (χ4n) is 1.33. The molecular weight excluding hydrogens is 268 g/mol. The van der Waals surface area contributed by atoms with Gasteiger partial charge in [0.25, 0.3) is 0 Å². The highest BCUT2D eigenvalue weighted by molar-refractivity contribution is 5.87. The molecule has 9 nitrogen and oxygen atoms in total. The van der Waals surface area contributed by atoms with E-state index in [1.807, 2.05) is 11.9 Å². The van der Waals surface area contributed by atoms with Crippen LogP contribution in [0.5, 0.6) is 0 Å². The summed E-state index contributed by atoms with van der Waals surface area (Å²) in [7, 11) is 3.47. The number of rotatable bonds is 10. The van der Waals surface area contributed by atoms with E-state index in [1.165, 1.54) is 0 Å². The van der Waals surface area contributed by atoms with Crippen molar-refractivity contribution in [2.24, 2.45) is 5.73 Å². The molecule has 0 aliphatic carbocycles. The first-order valence-electron chi connectivity index (χ1n) is 6.09. The monoisotopic (exact) mass is 290 g/mol. The molecule has 0 aliphatic rings. The largest absolute Gasteiger partial charge is 0.480 e. The number of methoxy groups -OCH3 is 1. The molecule has 0 saturated carbocycles. The predicted octanol–water partition coefficient (Wildman–Crippen LogP) is -1.81. The van der Waals surface area contributed by atoms with Gasteiger partial charge < -0.3 is 31.1 Å². The summed E-state index contributed by atoms with van der Waals surface area (Å²) in [6.07, 6.45) is -0.448. The zero-order valence-electron chi connectivity index (χ0n) is 11.7. The number of carbonyl (C=O) groups excluding carboxylic acids is 2. The third-order valence-corrected chi connectivity index (χ3v) is 2.46. The molecule has 1 unspecified atom stereocenters. The molecule has 0 fully saturated rings. The zero-order valence-corrected chi connectivity index (χ0v) is 11.7. The van der Waals surface area contributed by atoms with Crippen molar-refractivity contribution in [1.82, 2.24) is 15.5 Å². The molecule has 0 aromatic rings. The summed E-state index contributed by atoms with van der Waals surface area (Å²) < 4.78 is 4.91. The predicted molar refractivity (Wildman–Crippen MR) is 71.1 cm³/mol. The van der Waals surface area contributed by atoms with Gasteiger partial charge >= 0.3 is 12.0 Å². The maximum absolute atomic E-state index is 11.5. The highest BCUT2D eigenvalue weighted by atomic mass is 16.5. The van der Waals surface area contributed by atoms with Crippen molar-refractivity contribution in [3.05, 3.63) is 0 Å². The van der Waals surface area contributed by atoms with Gasteiger partial charge in [0.15, 0.2) is 0 Å². The average molecular weight is 290 g/mol. The number of carboxylic acid groups (broad SMARTS) is 1. The van der Waals surface area contributed by atoms with E-state index in [2.05, 4.69) is 10.6 Å². The molecule has 0 aromatic heterocycles. The molecule has 0 radical (unpaired) electrons. The maximum atomic E-state index is 11.5. The fourth-order valence-corrected chi connectivity index (χ4v) is 1.33. The van der Waals surface area contributed by atoms with Gasteiger partial charge in [-0.05, 0) is 7.05 Å². The van der Waals surface area contributed by atoms with Crippen LogP contribution < -0.4 is 16.4 Å². The Morgan fingerprint density at radius 1 is 1.35 bits per heavy atom. The molecule has 0 aliphatic heterocycles. The SMILES string of the molecule is COCCN(C)CCNC(=O)NC(CC(N)=O)C(=O)O. The second-order valence-electron chi connectivity index (χ2n) is 4.26. The zero-order chi connectivity index (χ0) is 15.5. The first kappa shape index (κ1) is 18.1. The smallest absolute Gasteiger partial charge is 0.326 e. The van der Waals surface area contributed by atoms with E-state index in [0.29, 0.717) is 19.7 Å². The summed E-state index contributed by atoms with van der Waals surface area (Å²) in [4.78, 5) is 34.9. The normalized spacial score (nSPS) is 11.9. The van der Waals surface area contributed by atoms with Crippen LogP contribution in [0, 0.1) is 0 Å². The molecule has 20 heavy (non-hydrogen) atoms. The molecule has 0 spiro atoms. The van der Waals surface area contributed by atoms with Crippen molar-refractivity contribution < 1.29 is 24.2 Å². The number of nitrogens with zero attached hydrogens (tertiary/aromatic N) is 1. The van der Waals surface area contributed by atoms with E-state index >= 15 is 0 Å². The van der Waals surface area contributed by atoms with E-state index in [1.54, 1.807) is 7.11 Å². The number of carbonyl (C=O) groups is 3. The minimum Gasteiger partial charge on any atom is -0.480 e. The van der Waals surface area contributed by atoms with Gasteiger partial charge in [-0.2, -0.15) is 0 Å². The number of hydrogen-bond donors (Lipinski definition) is 4. The Morgan fingerprint density at radius 3 is 2.50 bits per heavy atom. The van der Waals surface area contributed by atoms with Gasteiger partial charge in [-0.1, -0.05) is 0 Å². The Kier molecular flexibility index (Phi) is 9.05. The summed E-state index contributed by atoms with van der Waals surface area (Å²) in [6.45, 7) is 2.24.